The smallest absolute Gasteiger partial charge is 0.283 e. The monoisotopic (exact) mass is 366 g/mol. The zero-order valence-corrected chi connectivity index (χ0v) is 15.2. The Bertz CT molecular complexity index is 1180. The molecule has 3 heterocycles. The summed E-state index contributed by atoms with van der Waals surface area (Å²) in [4.78, 5) is 17.1. The van der Waals surface area contributed by atoms with Gasteiger partial charge in [-0.1, -0.05) is 31.9 Å². The Labute approximate surface area is 154 Å². The molecule has 0 amide bonds. The molecule has 0 aliphatic rings. The second kappa shape index (κ2) is 6.86. The van der Waals surface area contributed by atoms with Gasteiger partial charge in [-0.2, -0.15) is 9.61 Å². The van der Waals surface area contributed by atoms with Gasteiger partial charge in [-0.15, -0.1) is 10.2 Å². The lowest BCUT2D eigenvalue weighted by molar-refractivity contribution is 0.582. The topological polar surface area (TPSA) is 78.0 Å². The maximum atomic E-state index is 13.2. The molecule has 4 rings (SSSR count). The van der Waals surface area contributed by atoms with Gasteiger partial charge in [0.15, 0.2) is 16.8 Å². The second-order valence-electron chi connectivity index (χ2n) is 6.53. The van der Waals surface area contributed by atoms with Gasteiger partial charge in [0.2, 0.25) is 0 Å². The Morgan fingerprint density at radius 2 is 1.85 bits per heavy atom. The Balaban J connectivity index is 1.87. The van der Waals surface area contributed by atoms with E-state index < -0.39 is 0 Å². The van der Waals surface area contributed by atoms with Crippen LogP contribution in [0.4, 0.5) is 4.39 Å². The van der Waals surface area contributed by atoms with Gasteiger partial charge in [0.05, 0.1) is 11.3 Å². The molecule has 27 heavy (non-hydrogen) atoms. The van der Waals surface area contributed by atoms with Crippen LogP contribution in [0.3, 0.4) is 0 Å². The molecule has 0 aliphatic carbocycles. The number of rotatable bonds is 5. The van der Waals surface area contributed by atoms with Gasteiger partial charge >= 0.3 is 0 Å². The highest BCUT2D eigenvalue weighted by Crippen LogP contribution is 2.27. The molecule has 0 radical (unpaired) electrons. The molecule has 3 aromatic heterocycles. The third-order valence-corrected chi connectivity index (χ3v) is 4.61. The lowest BCUT2D eigenvalue weighted by atomic mass is 10.1. The summed E-state index contributed by atoms with van der Waals surface area (Å²) < 4.78 is 16.3. The lowest BCUT2D eigenvalue weighted by Crippen LogP contribution is -2.23. The first kappa shape index (κ1) is 17.3. The molecule has 0 saturated heterocycles. The quantitative estimate of drug-likeness (QED) is 0.507. The van der Waals surface area contributed by atoms with Crippen molar-refractivity contribution in [3.05, 3.63) is 52.5 Å². The molecule has 0 bridgehead atoms. The van der Waals surface area contributed by atoms with E-state index in [0.29, 0.717) is 23.5 Å². The molecular weight excluding hydrogens is 347 g/mol. The van der Waals surface area contributed by atoms with E-state index >= 15 is 0 Å². The molecule has 0 N–H and O–H groups in total. The summed E-state index contributed by atoms with van der Waals surface area (Å²) in [5, 5.41) is 12.9. The number of hydrogen-bond donors (Lipinski definition) is 0. The molecule has 4 aromatic rings. The van der Waals surface area contributed by atoms with Crippen LogP contribution in [0.2, 0.25) is 0 Å². The molecule has 8 heteroatoms. The normalized spacial score (nSPS) is 11.5. The van der Waals surface area contributed by atoms with Crippen LogP contribution < -0.4 is 5.56 Å². The van der Waals surface area contributed by atoms with Crippen molar-refractivity contribution >= 4 is 16.8 Å². The van der Waals surface area contributed by atoms with Crippen LogP contribution in [0.25, 0.3) is 27.9 Å². The Kier molecular flexibility index (Phi) is 4.39. The van der Waals surface area contributed by atoms with E-state index in [2.05, 4.69) is 27.2 Å². The van der Waals surface area contributed by atoms with E-state index in [1.165, 1.54) is 23.0 Å². The number of fused-ring (bicyclic) bond motifs is 3. The van der Waals surface area contributed by atoms with E-state index in [1.807, 2.05) is 6.92 Å². The SMILES string of the molecule is CCCCCn1cnc2c(nnc3c(-c4ccc(F)cc4)c(C)nn32)c1=O. The lowest BCUT2D eigenvalue weighted by Gasteiger charge is -2.06. The van der Waals surface area contributed by atoms with Crippen LogP contribution in [0.1, 0.15) is 31.9 Å². The molecule has 0 fully saturated rings. The summed E-state index contributed by atoms with van der Waals surface area (Å²) in [6.45, 7) is 4.56. The number of aryl methyl sites for hydroxylation is 2. The summed E-state index contributed by atoms with van der Waals surface area (Å²) in [5.74, 6) is -0.310. The minimum Gasteiger partial charge on any atom is -0.297 e. The molecule has 1 aromatic carbocycles. The maximum Gasteiger partial charge on any atom is 0.283 e. The molecular formula is C19H19FN6O. The molecule has 138 valence electrons. The number of benzene rings is 1. The molecule has 0 atom stereocenters. The highest BCUT2D eigenvalue weighted by Gasteiger charge is 2.18. The Morgan fingerprint density at radius 3 is 2.59 bits per heavy atom. The molecule has 0 aliphatic heterocycles. The van der Waals surface area contributed by atoms with Crippen LogP contribution >= 0.6 is 0 Å². The highest BCUT2D eigenvalue weighted by molar-refractivity contribution is 5.83. The van der Waals surface area contributed by atoms with Crippen molar-refractivity contribution in [3.8, 4) is 11.1 Å². The van der Waals surface area contributed by atoms with Crippen molar-refractivity contribution in [2.24, 2.45) is 0 Å². The standard InChI is InChI=1S/C19H19FN6O/c1-3-4-5-10-25-11-21-18-16(19(25)27)22-23-17-15(12(2)24-26(17)18)13-6-8-14(20)9-7-13/h6-9,11H,3-5,10H2,1-2H3. The molecule has 0 spiro atoms. The minimum atomic E-state index is -0.310. The average molecular weight is 366 g/mol. The zero-order chi connectivity index (χ0) is 19.0. The minimum absolute atomic E-state index is 0.189. The van der Waals surface area contributed by atoms with Gasteiger partial charge in [0.25, 0.3) is 5.56 Å². The van der Waals surface area contributed by atoms with Gasteiger partial charge < -0.3 is 0 Å². The van der Waals surface area contributed by atoms with Crippen LogP contribution in [-0.2, 0) is 6.54 Å². The Morgan fingerprint density at radius 1 is 1.07 bits per heavy atom. The first-order valence-electron chi connectivity index (χ1n) is 8.97. The number of aromatic nitrogens is 6. The second-order valence-corrected chi connectivity index (χ2v) is 6.53. The molecule has 7 nitrogen and oxygen atoms in total. The van der Waals surface area contributed by atoms with E-state index in [0.717, 1.165) is 30.4 Å². The fraction of sp³-hybridized carbons (Fsp3) is 0.316. The molecule has 0 saturated carbocycles. The third-order valence-electron chi connectivity index (χ3n) is 4.61. The fourth-order valence-corrected chi connectivity index (χ4v) is 3.21. The largest absolute Gasteiger partial charge is 0.297 e. The zero-order valence-electron chi connectivity index (χ0n) is 15.2. The van der Waals surface area contributed by atoms with Crippen LogP contribution in [0.5, 0.6) is 0 Å². The third kappa shape index (κ3) is 2.97. The van der Waals surface area contributed by atoms with Gasteiger partial charge in [-0.3, -0.25) is 9.36 Å². The summed E-state index contributed by atoms with van der Waals surface area (Å²) in [6, 6.07) is 6.12. The summed E-state index contributed by atoms with van der Waals surface area (Å²) >= 11 is 0. The van der Waals surface area contributed by atoms with Crippen molar-refractivity contribution in [3.63, 3.8) is 0 Å². The predicted molar refractivity (Wildman–Crippen MR) is 100.0 cm³/mol. The van der Waals surface area contributed by atoms with Crippen molar-refractivity contribution < 1.29 is 4.39 Å². The van der Waals surface area contributed by atoms with Crippen LogP contribution in [0, 0.1) is 12.7 Å². The fourth-order valence-electron chi connectivity index (χ4n) is 3.21. The predicted octanol–water partition coefficient (Wildman–Crippen LogP) is 3.14. The van der Waals surface area contributed by atoms with Crippen LogP contribution in [0.15, 0.2) is 35.4 Å². The van der Waals surface area contributed by atoms with E-state index in [4.69, 9.17) is 0 Å². The van der Waals surface area contributed by atoms with E-state index in [9.17, 15) is 9.18 Å². The Hall–Kier alpha value is -3.16. The van der Waals surface area contributed by atoms with Crippen molar-refractivity contribution in [1.82, 2.24) is 29.4 Å². The van der Waals surface area contributed by atoms with Crippen molar-refractivity contribution in [1.29, 1.82) is 0 Å². The number of halogens is 1. The van der Waals surface area contributed by atoms with Crippen molar-refractivity contribution in [2.75, 3.05) is 0 Å². The first-order chi connectivity index (χ1) is 13.1. The summed E-state index contributed by atoms with van der Waals surface area (Å²) in [7, 11) is 0. The van der Waals surface area contributed by atoms with Gasteiger partial charge in [0.1, 0.15) is 12.1 Å². The highest BCUT2D eigenvalue weighted by atomic mass is 19.1. The van der Waals surface area contributed by atoms with E-state index in [1.54, 1.807) is 16.7 Å². The van der Waals surface area contributed by atoms with Gasteiger partial charge in [-0.05, 0) is 31.0 Å². The molecule has 0 unspecified atom stereocenters. The first-order valence-corrected chi connectivity index (χ1v) is 8.97. The van der Waals surface area contributed by atoms with Crippen molar-refractivity contribution in [2.45, 2.75) is 39.7 Å². The average Bonchev–Trinajstić information content (AvgIpc) is 3.00. The maximum absolute atomic E-state index is 13.2. The van der Waals surface area contributed by atoms with E-state index in [-0.39, 0.29) is 16.9 Å². The summed E-state index contributed by atoms with van der Waals surface area (Å²) in [5.41, 5.74) is 3.06. The number of nitrogens with zero attached hydrogens (tertiary/aromatic N) is 6. The van der Waals surface area contributed by atoms with Gasteiger partial charge in [-0.25, -0.2) is 9.37 Å². The summed E-state index contributed by atoms with van der Waals surface area (Å²) in [6.07, 6.45) is 4.58. The number of unbranched alkanes of at least 4 members (excludes halogenated alkanes) is 2. The van der Waals surface area contributed by atoms with Gasteiger partial charge in [0, 0.05) is 6.54 Å². The number of hydrogen-bond acceptors (Lipinski definition) is 5. The van der Waals surface area contributed by atoms with Crippen LogP contribution in [-0.4, -0.2) is 29.4 Å².